The number of aryl methyl sites for hydroxylation is 1. The van der Waals surface area contributed by atoms with Crippen LogP contribution in [0.1, 0.15) is 37.5 Å². The van der Waals surface area contributed by atoms with E-state index in [-0.39, 0.29) is 0 Å². The minimum absolute atomic E-state index is 0.304. The third-order valence-corrected chi connectivity index (χ3v) is 2.40. The first-order chi connectivity index (χ1) is 6.27. The summed E-state index contributed by atoms with van der Waals surface area (Å²) in [4.78, 5) is 4.11. The summed E-state index contributed by atoms with van der Waals surface area (Å²) in [7, 11) is 0. The molecule has 0 fully saturated rings. The van der Waals surface area contributed by atoms with Crippen molar-refractivity contribution < 1.29 is 4.74 Å². The third kappa shape index (κ3) is 1.73. The minimum atomic E-state index is 0.304. The van der Waals surface area contributed by atoms with Crippen molar-refractivity contribution in [1.29, 1.82) is 0 Å². The molecule has 70 valence electrons. The van der Waals surface area contributed by atoms with Crippen LogP contribution in [0.25, 0.3) is 0 Å². The monoisotopic (exact) mass is 177 g/mol. The number of hydrogen-bond acceptors (Lipinski definition) is 2. The van der Waals surface area contributed by atoms with Gasteiger partial charge in [-0.25, -0.2) is 0 Å². The molecule has 0 radical (unpaired) electrons. The van der Waals surface area contributed by atoms with Crippen LogP contribution in [0.3, 0.4) is 0 Å². The fourth-order valence-electron chi connectivity index (χ4n) is 1.87. The van der Waals surface area contributed by atoms with Crippen molar-refractivity contribution in [2.24, 2.45) is 0 Å². The summed E-state index contributed by atoms with van der Waals surface area (Å²) in [6, 6.07) is 2.08. The number of hydrogen-bond donors (Lipinski definition) is 0. The molecule has 2 nitrogen and oxygen atoms in total. The molecule has 0 saturated heterocycles. The molecule has 1 aliphatic rings. The SMILES string of the molecule is CC(C)OC1CCc2cnccc21. The summed E-state index contributed by atoms with van der Waals surface area (Å²) in [6.45, 7) is 4.17. The number of fused-ring (bicyclic) bond motifs is 1. The fourth-order valence-corrected chi connectivity index (χ4v) is 1.87. The van der Waals surface area contributed by atoms with Gasteiger partial charge in [-0.3, -0.25) is 4.98 Å². The van der Waals surface area contributed by atoms with Crippen LogP contribution in [0.4, 0.5) is 0 Å². The van der Waals surface area contributed by atoms with Crippen LogP contribution < -0.4 is 0 Å². The maximum Gasteiger partial charge on any atom is 0.0835 e. The number of pyridine rings is 1. The Labute approximate surface area is 78.9 Å². The number of ether oxygens (including phenoxy) is 1. The van der Waals surface area contributed by atoms with E-state index in [1.807, 2.05) is 12.4 Å². The maximum atomic E-state index is 5.81. The van der Waals surface area contributed by atoms with Crippen LogP contribution in [0.2, 0.25) is 0 Å². The molecule has 0 amide bonds. The second kappa shape index (κ2) is 3.46. The van der Waals surface area contributed by atoms with Crippen molar-refractivity contribution in [2.75, 3.05) is 0 Å². The van der Waals surface area contributed by atoms with Crippen molar-refractivity contribution in [3.63, 3.8) is 0 Å². The molecule has 0 saturated carbocycles. The van der Waals surface area contributed by atoms with Crippen LogP contribution in [0.15, 0.2) is 18.5 Å². The van der Waals surface area contributed by atoms with Gasteiger partial charge in [0, 0.05) is 12.4 Å². The van der Waals surface area contributed by atoms with E-state index in [2.05, 4.69) is 24.9 Å². The number of rotatable bonds is 2. The first-order valence-corrected chi connectivity index (χ1v) is 4.85. The Bertz CT molecular complexity index is 296. The lowest BCUT2D eigenvalue weighted by atomic mass is 10.2. The molecule has 1 aliphatic carbocycles. The summed E-state index contributed by atoms with van der Waals surface area (Å²) in [6.07, 6.45) is 6.64. The lowest BCUT2D eigenvalue weighted by Crippen LogP contribution is -2.07. The summed E-state index contributed by atoms with van der Waals surface area (Å²) in [5, 5.41) is 0. The maximum absolute atomic E-state index is 5.81. The first kappa shape index (κ1) is 8.70. The van der Waals surface area contributed by atoms with E-state index in [1.165, 1.54) is 11.1 Å². The van der Waals surface area contributed by atoms with E-state index in [9.17, 15) is 0 Å². The molecule has 0 aromatic carbocycles. The number of nitrogens with zero attached hydrogens (tertiary/aromatic N) is 1. The highest BCUT2D eigenvalue weighted by Gasteiger charge is 2.23. The first-order valence-electron chi connectivity index (χ1n) is 4.85. The molecule has 1 heterocycles. The minimum Gasteiger partial charge on any atom is -0.371 e. The Morgan fingerprint density at radius 3 is 3.15 bits per heavy atom. The number of aromatic nitrogens is 1. The zero-order valence-electron chi connectivity index (χ0n) is 8.16. The zero-order valence-corrected chi connectivity index (χ0v) is 8.16. The standard InChI is InChI=1S/C11H15NO/c1-8(2)13-11-4-3-9-7-12-6-5-10(9)11/h5-8,11H,3-4H2,1-2H3. The molecule has 1 aromatic heterocycles. The van der Waals surface area contributed by atoms with Gasteiger partial charge in [-0.1, -0.05) is 0 Å². The molecule has 1 atom stereocenters. The third-order valence-electron chi connectivity index (χ3n) is 2.40. The van der Waals surface area contributed by atoms with Crippen LogP contribution in [-0.4, -0.2) is 11.1 Å². The van der Waals surface area contributed by atoms with Crippen LogP contribution >= 0.6 is 0 Å². The van der Waals surface area contributed by atoms with E-state index in [4.69, 9.17) is 4.74 Å². The second-order valence-corrected chi connectivity index (χ2v) is 3.79. The second-order valence-electron chi connectivity index (χ2n) is 3.79. The Morgan fingerprint density at radius 1 is 1.54 bits per heavy atom. The van der Waals surface area contributed by atoms with Gasteiger partial charge in [0.15, 0.2) is 0 Å². The average molecular weight is 177 g/mol. The van der Waals surface area contributed by atoms with Crippen molar-refractivity contribution in [1.82, 2.24) is 4.98 Å². The van der Waals surface area contributed by atoms with E-state index in [0.717, 1.165) is 12.8 Å². The zero-order chi connectivity index (χ0) is 9.26. The van der Waals surface area contributed by atoms with Crippen LogP contribution in [0, 0.1) is 0 Å². The van der Waals surface area contributed by atoms with E-state index in [1.54, 1.807) is 0 Å². The molecule has 0 N–H and O–H groups in total. The van der Waals surface area contributed by atoms with E-state index < -0.39 is 0 Å². The van der Waals surface area contributed by atoms with Gasteiger partial charge in [-0.2, -0.15) is 0 Å². The van der Waals surface area contributed by atoms with Crippen molar-refractivity contribution in [2.45, 2.75) is 38.9 Å². The Kier molecular flexibility index (Phi) is 2.32. The predicted molar refractivity (Wildman–Crippen MR) is 51.5 cm³/mol. The van der Waals surface area contributed by atoms with E-state index in [0.29, 0.717) is 12.2 Å². The summed E-state index contributed by atoms with van der Waals surface area (Å²) >= 11 is 0. The van der Waals surface area contributed by atoms with Gasteiger partial charge >= 0.3 is 0 Å². The van der Waals surface area contributed by atoms with Gasteiger partial charge in [0.25, 0.3) is 0 Å². The van der Waals surface area contributed by atoms with Crippen molar-refractivity contribution >= 4 is 0 Å². The predicted octanol–water partition coefficient (Wildman–Crippen LogP) is 2.49. The molecular weight excluding hydrogens is 162 g/mol. The van der Waals surface area contributed by atoms with Crippen LogP contribution in [0.5, 0.6) is 0 Å². The largest absolute Gasteiger partial charge is 0.371 e. The van der Waals surface area contributed by atoms with Gasteiger partial charge in [-0.15, -0.1) is 0 Å². The highest BCUT2D eigenvalue weighted by molar-refractivity contribution is 5.30. The quantitative estimate of drug-likeness (QED) is 0.692. The molecule has 1 unspecified atom stereocenters. The Morgan fingerprint density at radius 2 is 2.38 bits per heavy atom. The molecule has 1 aromatic rings. The lowest BCUT2D eigenvalue weighted by Gasteiger charge is -2.15. The van der Waals surface area contributed by atoms with Gasteiger partial charge < -0.3 is 4.74 Å². The highest BCUT2D eigenvalue weighted by atomic mass is 16.5. The molecular formula is C11H15NO. The average Bonchev–Trinajstić information content (AvgIpc) is 2.48. The molecule has 13 heavy (non-hydrogen) atoms. The molecule has 2 heteroatoms. The highest BCUT2D eigenvalue weighted by Crippen LogP contribution is 2.33. The lowest BCUT2D eigenvalue weighted by molar-refractivity contribution is 0.00788. The van der Waals surface area contributed by atoms with Crippen molar-refractivity contribution in [3.8, 4) is 0 Å². The Hall–Kier alpha value is -0.890. The normalized spacial score (nSPS) is 20.7. The smallest absolute Gasteiger partial charge is 0.0835 e. The molecule has 2 rings (SSSR count). The summed E-state index contributed by atoms with van der Waals surface area (Å²) in [5.74, 6) is 0. The molecule has 0 aliphatic heterocycles. The summed E-state index contributed by atoms with van der Waals surface area (Å²) < 4.78 is 5.81. The fraction of sp³-hybridized carbons (Fsp3) is 0.545. The molecule has 0 bridgehead atoms. The Balaban J connectivity index is 2.18. The van der Waals surface area contributed by atoms with Gasteiger partial charge in [0.05, 0.1) is 12.2 Å². The molecule has 0 spiro atoms. The van der Waals surface area contributed by atoms with Gasteiger partial charge in [0.1, 0.15) is 0 Å². The topological polar surface area (TPSA) is 22.1 Å². The van der Waals surface area contributed by atoms with E-state index >= 15 is 0 Å². The van der Waals surface area contributed by atoms with Gasteiger partial charge in [0.2, 0.25) is 0 Å². The van der Waals surface area contributed by atoms with Crippen LogP contribution in [-0.2, 0) is 11.2 Å². The van der Waals surface area contributed by atoms with Gasteiger partial charge in [-0.05, 0) is 43.9 Å². The summed E-state index contributed by atoms with van der Waals surface area (Å²) in [5.41, 5.74) is 2.69. The van der Waals surface area contributed by atoms with Crippen molar-refractivity contribution in [3.05, 3.63) is 29.6 Å².